The van der Waals surface area contributed by atoms with Crippen molar-refractivity contribution in [2.45, 2.75) is 43.8 Å². The van der Waals surface area contributed by atoms with Crippen LogP contribution in [0.4, 0.5) is 0 Å². The molecule has 4 nitrogen and oxygen atoms in total. The van der Waals surface area contributed by atoms with Crippen molar-refractivity contribution in [1.29, 1.82) is 0 Å². The molecule has 0 aromatic heterocycles. The van der Waals surface area contributed by atoms with Crippen LogP contribution in [0.25, 0.3) is 0 Å². The first-order chi connectivity index (χ1) is 11.9. The van der Waals surface area contributed by atoms with E-state index < -0.39 is 0 Å². The average molecular weight is 383 g/mol. The molecule has 0 aliphatic carbocycles. The zero-order valence-electron chi connectivity index (χ0n) is 15.2. The van der Waals surface area contributed by atoms with E-state index in [1.165, 1.54) is 0 Å². The number of rotatable bonds is 6. The Kier molecular flexibility index (Phi) is 7.63. The van der Waals surface area contributed by atoms with Crippen LogP contribution < -0.4 is 0 Å². The number of thioether (sulfide) groups is 1. The van der Waals surface area contributed by atoms with Gasteiger partial charge in [0.05, 0.1) is 5.25 Å². The minimum Gasteiger partial charge on any atom is -0.339 e. The first-order valence-electron chi connectivity index (χ1n) is 8.85. The summed E-state index contributed by atoms with van der Waals surface area (Å²) in [6.45, 7) is 8.71. The van der Waals surface area contributed by atoms with Crippen LogP contribution in [0, 0.1) is 5.92 Å². The van der Waals surface area contributed by atoms with Gasteiger partial charge in [0.25, 0.3) is 0 Å². The largest absolute Gasteiger partial charge is 0.339 e. The third kappa shape index (κ3) is 6.23. The summed E-state index contributed by atoms with van der Waals surface area (Å²) < 4.78 is 0. The molecule has 1 aliphatic rings. The Balaban J connectivity index is 1.80. The number of hydrogen-bond donors (Lipinski definition) is 0. The summed E-state index contributed by atoms with van der Waals surface area (Å²) in [4.78, 5) is 29.6. The maximum absolute atomic E-state index is 12.6. The first kappa shape index (κ1) is 20.1. The van der Waals surface area contributed by atoms with Crippen molar-refractivity contribution >= 4 is 35.2 Å². The van der Waals surface area contributed by atoms with E-state index >= 15 is 0 Å². The number of carbonyl (C=O) groups is 2. The molecule has 1 aliphatic heterocycles. The van der Waals surface area contributed by atoms with E-state index in [1.54, 1.807) is 11.8 Å². The standard InChI is InChI=1S/C19H27ClN2O2S/c1-14(2)4-9-18(23)21-10-12-22(13-11-21)19(24)15(3)25-17-7-5-16(20)6-8-17/h5-8,14-15H,4,9-13H2,1-3H3. The van der Waals surface area contributed by atoms with Crippen molar-refractivity contribution in [2.24, 2.45) is 5.92 Å². The maximum atomic E-state index is 12.6. The summed E-state index contributed by atoms with van der Waals surface area (Å²) >= 11 is 7.44. The molecule has 0 bridgehead atoms. The summed E-state index contributed by atoms with van der Waals surface area (Å²) in [7, 11) is 0. The third-order valence-electron chi connectivity index (χ3n) is 4.35. The Morgan fingerprint density at radius 2 is 1.60 bits per heavy atom. The van der Waals surface area contributed by atoms with Crippen molar-refractivity contribution in [3.05, 3.63) is 29.3 Å². The zero-order chi connectivity index (χ0) is 18.4. The highest BCUT2D eigenvalue weighted by molar-refractivity contribution is 8.00. The minimum atomic E-state index is -0.149. The number of hydrogen-bond acceptors (Lipinski definition) is 3. The SMILES string of the molecule is CC(C)CCC(=O)N1CCN(C(=O)C(C)Sc2ccc(Cl)cc2)CC1. The van der Waals surface area contributed by atoms with Crippen LogP contribution >= 0.6 is 23.4 Å². The summed E-state index contributed by atoms with van der Waals surface area (Å²) in [5.41, 5.74) is 0. The molecule has 2 rings (SSSR count). The van der Waals surface area contributed by atoms with Gasteiger partial charge in [-0.1, -0.05) is 25.4 Å². The molecule has 138 valence electrons. The molecule has 0 saturated carbocycles. The first-order valence-corrected chi connectivity index (χ1v) is 10.1. The van der Waals surface area contributed by atoms with Gasteiger partial charge in [-0.05, 0) is 43.5 Å². The van der Waals surface area contributed by atoms with Gasteiger partial charge in [0.1, 0.15) is 0 Å². The average Bonchev–Trinajstić information content (AvgIpc) is 2.61. The number of carbonyl (C=O) groups excluding carboxylic acids is 2. The van der Waals surface area contributed by atoms with Crippen LogP contribution in [0.3, 0.4) is 0 Å². The topological polar surface area (TPSA) is 40.6 Å². The van der Waals surface area contributed by atoms with Gasteiger partial charge in [-0.2, -0.15) is 0 Å². The maximum Gasteiger partial charge on any atom is 0.235 e. The molecular weight excluding hydrogens is 356 g/mol. The quantitative estimate of drug-likeness (QED) is 0.700. The predicted molar refractivity (Wildman–Crippen MR) is 104 cm³/mol. The van der Waals surface area contributed by atoms with E-state index in [2.05, 4.69) is 13.8 Å². The Labute approximate surface area is 159 Å². The van der Waals surface area contributed by atoms with E-state index in [0.29, 0.717) is 43.5 Å². The molecule has 0 radical (unpaired) electrons. The number of benzene rings is 1. The van der Waals surface area contributed by atoms with Crippen LogP contribution in [-0.2, 0) is 9.59 Å². The highest BCUT2D eigenvalue weighted by atomic mass is 35.5. The van der Waals surface area contributed by atoms with Crippen LogP contribution in [0.1, 0.15) is 33.6 Å². The molecule has 25 heavy (non-hydrogen) atoms. The van der Waals surface area contributed by atoms with Crippen molar-refractivity contribution in [3.8, 4) is 0 Å². The fourth-order valence-corrected chi connectivity index (χ4v) is 3.85. The Hall–Kier alpha value is -1.20. The Morgan fingerprint density at radius 1 is 1.04 bits per heavy atom. The molecule has 1 aromatic carbocycles. The normalized spacial score (nSPS) is 16.2. The molecule has 1 aromatic rings. The van der Waals surface area contributed by atoms with E-state index in [4.69, 9.17) is 11.6 Å². The highest BCUT2D eigenvalue weighted by Crippen LogP contribution is 2.26. The van der Waals surface area contributed by atoms with E-state index in [-0.39, 0.29) is 17.1 Å². The molecule has 0 N–H and O–H groups in total. The molecule has 1 heterocycles. The van der Waals surface area contributed by atoms with Gasteiger partial charge in [0, 0.05) is 42.5 Å². The summed E-state index contributed by atoms with van der Waals surface area (Å²) in [5.74, 6) is 0.885. The molecular formula is C19H27ClN2O2S. The number of amides is 2. The Morgan fingerprint density at radius 3 is 2.16 bits per heavy atom. The second kappa shape index (κ2) is 9.48. The molecule has 1 atom stereocenters. The second-order valence-electron chi connectivity index (χ2n) is 6.85. The van der Waals surface area contributed by atoms with E-state index in [0.717, 1.165) is 11.3 Å². The monoisotopic (exact) mass is 382 g/mol. The third-order valence-corrected chi connectivity index (χ3v) is 5.71. The lowest BCUT2D eigenvalue weighted by Gasteiger charge is -2.36. The summed E-state index contributed by atoms with van der Waals surface area (Å²) in [6, 6.07) is 7.54. The second-order valence-corrected chi connectivity index (χ2v) is 8.70. The lowest BCUT2D eigenvalue weighted by molar-refractivity contribution is -0.139. The predicted octanol–water partition coefficient (Wildman–Crippen LogP) is 3.93. The Bertz CT molecular complexity index is 584. The summed E-state index contributed by atoms with van der Waals surface area (Å²) in [5, 5.41) is 0.547. The molecule has 1 unspecified atom stereocenters. The van der Waals surface area contributed by atoms with Gasteiger partial charge >= 0.3 is 0 Å². The smallest absolute Gasteiger partial charge is 0.235 e. The van der Waals surface area contributed by atoms with Crippen molar-refractivity contribution in [2.75, 3.05) is 26.2 Å². The summed E-state index contributed by atoms with van der Waals surface area (Å²) in [6.07, 6.45) is 1.53. The van der Waals surface area contributed by atoms with Crippen molar-refractivity contribution in [3.63, 3.8) is 0 Å². The van der Waals surface area contributed by atoms with E-state index in [1.807, 2.05) is 41.0 Å². The molecule has 6 heteroatoms. The van der Waals surface area contributed by atoms with Crippen LogP contribution in [0.15, 0.2) is 29.2 Å². The molecule has 1 saturated heterocycles. The van der Waals surface area contributed by atoms with Gasteiger partial charge in [-0.25, -0.2) is 0 Å². The van der Waals surface area contributed by atoms with Gasteiger partial charge in [0.2, 0.25) is 11.8 Å². The van der Waals surface area contributed by atoms with Crippen molar-refractivity contribution in [1.82, 2.24) is 9.80 Å². The number of halogens is 1. The fraction of sp³-hybridized carbons (Fsp3) is 0.579. The molecule has 2 amide bonds. The van der Waals surface area contributed by atoms with Crippen molar-refractivity contribution < 1.29 is 9.59 Å². The van der Waals surface area contributed by atoms with Gasteiger partial charge in [-0.3, -0.25) is 9.59 Å². The fourth-order valence-electron chi connectivity index (χ4n) is 2.77. The number of piperazine rings is 1. The van der Waals surface area contributed by atoms with Crippen LogP contribution in [-0.4, -0.2) is 53.0 Å². The number of nitrogens with zero attached hydrogens (tertiary/aromatic N) is 2. The lowest BCUT2D eigenvalue weighted by atomic mass is 10.1. The minimum absolute atomic E-state index is 0.134. The van der Waals surface area contributed by atoms with Crippen LogP contribution in [0.5, 0.6) is 0 Å². The highest BCUT2D eigenvalue weighted by Gasteiger charge is 2.27. The van der Waals surface area contributed by atoms with Gasteiger partial charge in [-0.15, -0.1) is 11.8 Å². The van der Waals surface area contributed by atoms with Gasteiger partial charge < -0.3 is 9.80 Å². The zero-order valence-corrected chi connectivity index (χ0v) is 16.8. The lowest BCUT2D eigenvalue weighted by Crippen LogP contribution is -2.52. The molecule has 0 spiro atoms. The van der Waals surface area contributed by atoms with Crippen LogP contribution in [0.2, 0.25) is 5.02 Å². The molecule has 1 fully saturated rings. The van der Waals surface area contributed by atoms with Gasteiger partial charge in [0.15, 0.2) is 0 Å². The van der Waals surface area contributed by atoms with E-state index in [9.17, 15) is 9.59 Å².